The Kier molecular flexibility index (Phi) is 7.83. The molecule has 0 radical (unpaired) electrons. The van der Waals surface area contributed by atoms with Crippen LogP contribution in [0.3, 0.4) is 0 Å². The largest absolute Gasteiger partial charge is 0.486 e. The number of amides is 1. The summed E-state index contributed by atoms with van der Waals surface area (Å²) in [5.74, 6) is 0.0901. The number of nitrogens with one attached hydrogen (secondary N) is 2. The number of rotatable bonds is 9. The molecule has 10 nitrogen and oxygen atoms in total. The molecule has 0 aromatic heterocycles. The summed E-state index contributed by atoms with van der Waals surface area (Å²) >= 11 is 0. The Labute approximate surface area is 222 Å². The highest BCUT2D eigenvalue weighted by Gasteiger charge is 2.25. The lowest BCUT2D eigenvalue weighted by Gasteiger charge is -2.25. The first-order valence-corrected chi connectivity index (χ1v) is 15.0. The monoisotopic (exact) mass is 559 g/mol. The maximum Gasteiger partial charge on any atom is 0.261 e. The number of ether oxygens (including phenoxy) is 2. The topological polar surface area (TPSA) is 131 Å². The van der Waals surface area contributed by atoms with Crippen LogP contribution < -0.4 is 23.8 Å². The molecule has 0 saturated carbocycles. The van der Waals surface area contributed by atoms with E-state index < -0.39 is 32.5 Å². The fourth-order valence-electron chi connectivity index (χ4n) is 3.87. The van der Waals surface area contributed by atoms with Crippen LogP contribution in [-0.2, 0) is 24.8 Å². The van der Waals surface area contributed by atoms with Crippen molar-refractivity contribution in [3.8, 4) is 11.5 Å². The van der Waals surface area contributed by atoms with Gasteiger partial charge in [-0.25, -0.2) is 16.8 Å². The first-order valence-electron chi connectivity index (χ1n) is 11.9. The zero-order valence-corrected chi connectivity index (χ0v) is 22.9. The van der Waals surface area contributed by atoms with Crippen LogP contribution in [0.15, 0.2) is 65.6 Å². The van der Waals surface area contributed by atoms with Crippen LogP contribution >= 0.6 is 0 Å². The van der Waals surface area contributed by atoms with Crippen LogP contribution in [-0.4, -0.2) is 48.3 Å². The molecular weight excluding hydrogens is 530 g/mol. The Morgan fingerprint density at radius 3 is 2.24 bits per heavy atom. The number of fused-ring (bicyclic) bond motifs is 1. The van der Waals surface area contributed by atoms with E-state index in [0.29, 0.717) is 36.1 Å². The molecule has 0 bridgehead atoms. The third-order valence-electron chi connectivity index (χ3n) is 5.88. The van der Waals surface area contributed by atoms with Crippen LogP contribution in [0.5, 0.6) is 11.5 Å². The molecule has 2 N–H and O–H groups in total. The fraction of sp³-hybridized carbons (Fsp3) is 0.269. The van der Waals surface area contributed by atoms with Crippen molar-refractivity contribution >= 4 is 43.0 Å². The van der Waals surface area contributed by atoms with Crippen molar-refractivity contribution in [2.24, 2.45) is 0 Å². The Morgan fingerprint density at radius 2 is 1.58 bits per heavy atom. The van der Waals surface area contributed by atoms with Crippen LogP contribution in [0.1, 0.15) is 18.1 Å². The minimum atomic E-state index is -3.85. The van der Waals surface area contributed by atoms with Crippen LogP contribution in [0.2, 0.25) is 0 Å². The first kappa shape index (κ1) is 27.3. The zero-order chi connectivity index (χ0) is 27.5. The standard InChI is InChI=1S/C26H29N3O7S2/c1-4-37(31,32)29(21-8-12-24-25(16-21)36-14-13-35-24)17-26(30)27-20-6-9-22(10-7-20)38(33,34)28-23-11-5-18(2)15-19(23)3/h5-12,15-16,28H,4,13-14,17H2,1-3H3,(H,27,30). The Bertz CT molecular complexity index is 1550. The highest BCUT2D eigenvalue weighted by molar-refractivity contribution is 7.93. The Morgan fingerprint density at radius 1 is 0.895 bits per heavy atom. The molecule has 3 aromatic rings. The normalized spacial score (nSPS) is 13.0. The highest BCUT2D eigenvalue weighted by Crippen LogP contribution is 2.35. The van der Waals surface area contributed by atoms with Gasteiger partial charge < -0.3 is 14.8 Å². The summed E-state index contributed by atoms with van der Waals surface area (Å²) in [6, 6.07) is 15.7. The lowest BCUT2D eigenvalue weighted by atomic mass is 10.1. The van der Waals surface area contributed by atoms with Crippen LogP contribution in [0, 0.1) is 13.8 Å². The number of benzene rings is 3. The van der Waals surface area contributed by atoms with Gasteiger partial charge in [-0.3, -0.25) is 13.8 Å². The van der Waals surface area contributed by atoms with E-state index in [-0.39, 0.29) is 16.3 Å². The van der Waals surface area contributed by atoms with E-state index in [2.05, 4.69) is 10.0 Å². The van der Waals surface area contributed by atoms with E-state index in [1.165, 1.54) is 37.3 Å². The van der Waals surface area contributed by atoms with E-state index in [4.69, 9.17) is 9.47 Å². The van der Waals surface area contributed by atoms with Crippen LogP contribution in [0.25, 0.3) is 0 Å². The van der Waals surface area contributed by atoms with Gasteiger partial charge in [-0.2, -0.15) is 0 Å². The summed E-state index contributed by atoms with van der Waals surface area (Å²) in [5, 5.41) is 2.63. The summed E-state index contributed by atoms with van der Waals surface area (Å²) in [6.45, 7) is 5.48. The lowest BCUT2D eigenvalue weighted by Crippen LogP contribution is -2.39. The van der Waals surface area contributed by atoms with Crippen molar-refractivity contribution < 1.29 is 31.1 Å². The van der Waals surface area contributed by atoms with E-state index in [9.17, 15) is 21.6 Å². The molecule has 1 aliphatic heterocycles. The number of hydrogen-bond donors (Lipinski definition) is 2. The number of nitrogens with zero attached hydrogens (tertiary/aromatic N) is 1. The maximum atomic E-state index is 12.8. The van der Waals surface area contributed by atoms with Gasteiger partial charge in [0, 0.05) is 11.8 Å². The molecule has 38 heavy (non-hydrogen) atoms. The predicted molar refractivity (Wildman–Crippen MR) is 146 cm³/mol. The quantitative estimate of drug-likeness (QED) is 0.409. The smallest absolute Gasteiger partial charge is 0.261 e. The van der Waals surface area contributed by atoms with Gasteiger partial charge in [-0.1, -0.05) is 17.7 Å². The Balaban J connectivity index is 1.48. The number of anilines is 3. The number of aryl methyl sites for hydroxylation is 2. The maximum absolute atomic E-state index is 12.8. The van der Waals surface area contributed by atoms with Gasteiger partial charge in [0.1, 0.15) is 19.8 Å². The van der Waals surface area contributed by atoms with Gasteiger partial charge in [0.05, 0.1) is 22.0 Å². The second-order valence-electron chi connectivity index (χ2n) is 8.73. The molecule has 0 atom stereocenters. The van der Waals surface area contributed by atoms with E-state index in [1.807, 2.05) is 26.0 Å². The molecule has 0 aliphatic carbocycles. The molecule has 0 saturated heterocycles. The minimum absolute atomic E-state index is 0.0157. The molecule has 12 heteroatoms. The molecule has 0 fully saturated rings. The second-order valence-corrected chi connectivity index (χ2v) is 12.6. The zero-order valence-electron chi connectivity index (χ0n) is 21.2. The van der Waals surface area contributed by atoms with Gasteiger partial charge >= 0.3 is 0 Å². The molecule has 1 heterocycles. The highest BCUT2D eigenvalue weighted by atomic mass is 32.2. The average molecular weight is 560 g/mol. The first-order chi connectivity index (χ1) is 18.0. The summed E-state index contributed by atoms with van der Waals surface area (Å²) in [6.07, 6.45) is 0. The molecule has 1 amide bonds. The Hall–Kier alpha value is -3.77. The number of carbonyl (C=O) groups excluding carboxylic acids is 1. The van der Waals surface area contributed by atoms with Gasteiger partial charge in [-0.15, -0.1) is 0 Å². The molecule has 0 spiro atoms. The summed E-state index contributed by atoms with van der Waals surface area (Å²) in [7, 11) is -7.65. The van der Waals surface area contributed by atoms with Crippen molar-refractivity contribution in [1.29, 1.82) is 0 Å². The third kappa shape index (κ3) is 6.20. The average Bonchev–Trinajstić information content (AvgIpc) is 2.89. The summed E-state index contributed by atoms with van der Waals surface area (Å²) < 4.78 is 65.9. The summed E-state index contributed by atoms with van der Waals surface area (Å²) in [5.41, 5.74) is 2.87. The molecule has 1 aliphatic rings. The molecule has 3 aromatic carbocycles. The van der Waals surface area contributed by atoms with Gasteiger partial charge in [-0.05, 0) is 68.8 Å². The second kappa shape index (κ2) is 10.9. The van der Waals surface area contributed by atoms with Crippen LogP contribution in [0.4, 0.5) is 17.1 Å². The molecule has 4 rings (SSSR count). The summed E-state index contributed by atoms with van der Waals surface area (Å²) in [4.78, 5) is 12.8. The van der Waals surface area contributed by atoms with Crippen molar-refractivity contribution in [2.45, 2.75) is 25.7 Å². The van der Waals surface area contributed by atoms with Gasteiger partial charge in [0.25, 0.3) is 10.0 Å². The molecule has 0 unspecified atom stereocenters. The SMILES string of the molecule is CCS(=O)(=O)N(CC(=O)Nc1ccc(S(=O)(=O)Nc2ccc(C)cc2C)cc1)c1ccc2c(c1)OCCO2. The van der Waals surface area contributed by atoms with E-state index in [1.54, 1.807) is 18.2 Å². The van der Waals surface area contributed by atoms with Crippen molar-refractivity contribution in [2.75, 3.05) is 39.9 Å². The number of hydrogen-bond acceptors (Lipinski definition) is 7. The van der Waals surface area contributed by atoms with Crippen molar-refractivity contribution in [3.05, 3.63) is 71.8 Å². The third-order valence-corrected chi connectivity index (χ3v) is 9.00. The molecular formula is C26H29N3O7S2. The molecule has 202 valence electrons. The van der Waals surface area contributed by atoms with E-state index >= 15 is 0 Å². The van der Waals surface area contributed by atoms with Gasteiger partial charge in [0.2, 0.25) is 15.9 Å². The fourth-order valence-corrected chi connectivity index (χ4v) is 6.06. The van der Waals surface area contributed by atoms with Crippen molar-refractivity contribution in [3.63, 3.8) is 0 Å². The lowest BCUT2D eigenvalue weighted by molar-refractivity contribution is -0.114. The number of carbonyl (C=O) groups is 1. The van der Waals surface area contributed by atoms with E-state index in [0.717, 1.165) is 15.4 Å². The van der Waals surface area contributed by atoms with Gasteiger partial charge in [0.15, 0.2) is 11.5 Å². The van der Waals surface area contributed by atoms with Crippen molar-refractivity contribution in [1.82, 2.24) is 0 Å². The minimum Gasteiger partial charge on any atom is -0.486 e. The number of sulfonamides is 2. The predicted octanol–water partition coefficient (Wildman–Crippen LogP) is 3.67.